The van der Waals surface area contributed by atoms with E-state index in [1.807, 2.05) is 0 Å². The summed E-state index contributed by atoms with van der Waals surface area (Å²) in [6.07, 6.45) is 6.53. The highest BCUT2D eigenvalue weighted by molar-refractivity contribution is 7.13. The lowest BCUT2D eigenvalue weighted by Crippen LogP contribution is -2.15. The molecule has 0 spiro atoms. The fourth-order valence-electron chi connectivity index (χ4n) is 2.12. The molecule has 0 N–H and O–H groups in total. The van der Waals surface area contributed by atoms with Gasteiger partial charge in [-0.1, -0.05) is 19.8 Å². The van der Waals surface area contributed by atoms with Gasteiger partial charge in [-0.3, -0.25) is 0 Å². The highest BCUT2D eigenvalue weighted by Crippen LogP contribution is 2.42. The predicted molar refractivity (Wildman–Crippen MR) is 59.3 cm³/mol. The highest BCUT2D eigenvalue weighted by atomic mass is 32.1. The van der Waals surface area contributed by atoms with Crippen molar-refractivity contribution in [1.82, 2.24) is 4.98 Å². The smallest absolute Gasteiger partial charge is 0.349 e. The zero-order valence-corrected chi connectivity index (χ0v) is 9.89. The molecule has 3 nitrogen and oxygen atoms in total. The molecule has 0 aliphatic heterocycles. The fourth-order valence-corrected chi connectivity index (χ4v) is 3.15. The van der Waals surface area contributed by atoms with Crippen molar-refractivity contribution in [3.63, 3.8) is 0 Å². The number of rotatable bonds is 2. The molecule has 0 radical (unpaired) electrons. The monoisotopic (exact) mass is 225 g/mol. The lowest BCUT2D eigenvalue weighted by atomic mass is 9.90. The summed E-state index contributed by atoms with van der Waals surface area (Å²) >= 11 is 1.48. The first-order chi connectivity index (χ1) is 7.15. The Hall–Kier alpha value is -0.900. The third-order valence-corrected chi connectivity index (χ3v) is 4.40. The molecule has 1 aliphatic carbocycles. The molecule has 1 aliphatic rings. The van der Waals surface area contributed by atoms with Crippen LogP contribution in [0.5, 0.6) is 0 Å². The van der Waals surface area contributed by atoms with Gasteiger partial charge in [0.05, 0.1) is 18.3 Å². The van der Waals surface area contributed by atoms with E-state index in [0.29, 0.717) is 4.88 Å². The van der Waals surface area contributed by atoms with Crippen LogP contribution < -0.4 is 0 Å². The summed E-state index contributed by atoms with van der Waals surface area (Å²) in [6.45, 7) is 2.24. The summed E-state index contributed by atoms with van der Waals surface area (Å²) in [5, 5.41) is 1.08. The SMILES string of the molecule is COC(=O)c1cnc(C2(C)CCCC2)s1. The molecule has 0 unspecified atom stereocenters. The standard InChI is InChI=1S/C11H15NO2S/c1-11(5-3-4-6-11)10-12-7-8(15-10)9(13)14-2/h7H,3-6H2,1-2H3. The fraction of sp³-hybridized carbons (Fsp3) is 0.636. The second-order valence-electron chi connectivity index (χ2n) is 4.29. The zero-order chi connectivity index (χ0) is 10.9. The van der Waals surface area contributed by atoms with Crippen LogP contribution in [0.4, 0.5) is 0 Å². The third kappa shape index (κ3) is 1.91. The Bertz CT molecular complexity index is 366. The van der Waals surface area contributed by atoms with Crippen LogP contribution in [0.25, 0.3) is 0 Å². The van der Waals surface area contributed by atoms with E-state index in [2.05, 4.69) is 16.6 Å². The first kappa shape index (κ1) is 10.6. The number of carbonyl (C=O) groups excluding carboxylic acids is 1. The van der Waals surface area contributed by atoms with Crippen molar-refractivity contribution in [3.05, 3.63) is 16.1 Å². The van der Waals surface area contributed by atoms with Crippen LogP contribution in [0.3, 0.4) is 0 Å². The molecule has 1 fully saturated rings. The minimum atomic E-state index is -0.277. The number of thiazole rings is 1. The van der Waals surface area contributed by atoms with Gasteiger partial charge in [-0.25, -0.2) is 9.78 Å². The van der Waals surface area contributed by atoms with Gasteiger partial charge in [0.2, 0.25) is 0 Å². The number of methoxy groups -OCH3 is 1. The van der Waals surface area contributed by atoms with Gasteiger partial charge in [0.25, 0.3) is 0 Å². The van der Waals surface area contributed by atoms with Crippen LogP contribution in [0.15, 0.2) is 6.20 Å². The van der Waals surface area contributed by atoms with E-state index in [0.717, 1.165) is 5.01 Å². The predicted octanol–water partition coefficient (Wildman–Crippen LogP) is 2.76. The maximum absolute atomic E-state index is 11.3. The van der Waals surface area contributed by atoms with Crippen LogP contribution in [-0.4, -0.2) is 18.1 Å². The number of hydrogen-bond acceptors (Lipinski definition) is 4. The first-order valence-corrected chi connectivity index (χ1v) is 6.02. The van der Waals surface area contributed by atoms with Crippen molar-refractivity contribution in [3.8, 4) is 0 Å². The Kier molecular flexibility index (Phi) is 2.78. The Balaban J connectivity index is 2.23. The molecular weight excluding hydrogens is 210 g/mol. The largest absolute Gasteiger partial charge is 0.465 e. The summed E-state index contributed by atoms with van der Waals surface area (Å²) in [6, 6.07) is 0. The molecule has 0 atom stereocenters. The van der Waals surface area contributed by atoms with Crippen molar-refractivity contribution >= 4 is 17.3 Å². The first-order valence-electron chi connectivity index (χ1n) is 5.20. The van der Waals surface area contributed by atoms with Crippen molar-refractivity contribution in [2.45, 2.75) is 38.0 Å². The van der Waals surface area contributed by atoms with Gasteiger partial charge in [0, 0.05) is 5.41 Å². The van der Waals surface area contributed by atoms with Gasteiger partial charge in [0.1, 0.15) is 4.88 Å². The molecule has 1 aromatic rings. The van der Waals surface area contributed by atoms with Gasteiger partial charge in [-0.2, -0.15) is 0 Å². The van der Waals surface area contributed by atoms with Crippen LogP contribution in [0.1, 0.15) is 47.3 Å². The Morgan fingerprint density at radius 1 is 1.53 bits per heavy atom. The van der Waals surface area contributed by atoms with Crippen molar-refractivity contribution < 1.29 is 9.53 Å². The van der Waals surface area contributed by atoms with E-state index in [-0.39, 0.29) is 11.4 Å². The topological polar surface area (TPSA) is 39.2 Å². The van der Waals surface area contributed by atoms with E-state index >= 15 is 0 Å². The maximum atomic E-state index is 11.3. The van der Waals surface area contributed by atoms with Crippen molar-refractivity contribution in [2.24, 2.45) is 0 Å². The van der Waals surface area contributed by atoms with Gasteiger partial charge in [-0.15, -0.1) is 11.3 Å². The Morgan fingerprint density at radius 2 is 2.20 bits per heavy atom. The quantitative estimate of drug-likeness (QED) is 0.726. The summed E-state index contributed by atoms with van der Waals surface area (Å²) in [5.74, 6) is -0.277. The second-order valence-corrected chi connectivity index (χ2v) is 5.32. The molecule has 0 saturated heterocycles. The second kappa shape index (κ2) is 3.93. The van der Waals surface area contributed by atoms with Gasteiger partial charge < -0.3 is 4.74 Å². The Labute approximate surface area is 93.5 Å². The van der Waals surface area contributed by atoms with E-state index in [1.54, 1.807) is 6.20 Å². The maximum Gasteiger partial charge on any atom is 0.349 e. The molecule has 0 amide bonds. The van der Waals surface area contributed by atoms with Crippen LogP contribution >= 0.6 is 11.3 Å². The number of nitrogens with zero attached hydrogens (tertiary/aromatic N) is 1. The molecule has 4 heteroatoms. The average Bonchev–Trinajstić information content (AvgIpc) is 2.85. The highest BCUT2D eigenvalue weighted by Gasteiger charge is 2.33. The molecule has 1 aromatic heterocycles. The van der Waals surface area contributed by atoms with E-state index in [9.17, 15) is 4.79 Å². The summed E-state index contributed by atoms with van der Waals surface area (Å²) in [7, 11) is 1.40. The summed E-state index contributed by atoms with van der Waals surface area (Å²) in [5.41, 5.74) is 0.191. The van der Waals surface area contributed by atoms with Crippen LogP contribution in [0.2, 0.25) is 0 Å². The number of hydrogen-bond donors (Lipinski definition) is 0. The summed E-state index contributed by atoms with van der Waals surface area (Å²) in [4.78, 5) is 16.3. The minimum Gasteiger partial charge on any atom is -0.465 e. The summed E-state index contributed by atoms with van der Waals surface area (Å²) < 4.78 is 4.68. The van der Waals surface area contributed by atoms with E-state index in [4.69, 9.17) is 0 Å². The van der Waals surface area contributed by atoms with E-state index in [1.165, 1.54) is 44.1 Å². The minimum absolute atomic E-state index is 0.191. The zero-order valence-electron chi connectivity index (χ0n) is 9.08. The number of ether oxygens (including phenoxy) is 1. The van der Waals surface area contributed by atoms with Gasteiger partial charge in [0.15, 0.2) is 0 Å². The third-order valence-electron chi connectivity index (χ3n) is 3.12. The molecule has 1 heterocycles. The van der Waals surface area contributed by atoms with Crippen molar-refractivity contribution in [2.75, 3.05) is 7.11 Å². The molecule has 15 heavy (non-hydrogen) atoms. The Morgan fingerprint density at radius 3 is 2.80 bits per heavy atom. The lowest BCUT2D eigenvalue weighted by molar-refractivity contribution is 0.0606. The molecule has 0 aromatic carbocycles. The molecule has 1 saturated carbocycles. The number of carbonyl (C=O) groups is 1. The molecule has 82 valence electrons. The van der Waals surface area contributed by atoms with Crippen LogP contribution in [0, 0.1) is 0 Å². The van der Waals surface area contributed by atoms with Crippen molar-refractivity contribution in [1.29, 1.82) is 0 Å². The van der Waals surface area contributed by atoms with Gasteiger partial charge in [-0.05, 0) is 12.8 Å². The average molecular weight is 225 g/mol. The number of aromatic nitrogens is 1. The number of esters is 1. The van der Waals surface area contributed by atoms with Crippen LogP contribution in [-0.2, 0) is 10.2 Å². The van der Waals surface area contributed by atoms with Gasteiger partial charge >= 0.3 is 5.97 Å². The normalized spacial score (nSPS) is 19.1. The molecular formula is C11H15NO2S. The molecule has 0 bridgehead atoms. The molecule has 2 rings (SSSR count). The van der Waals surface area contributed by atoms with E-state index < -0.39 is 0 Å². The lowest BCUT2D eigenvalue weighted by Gasteiger charge is -2.19.